The molecule has 0 heterocycles. The van der Waals surface area contributed by atoms with Crippen LogP contribution in [0.3, 0.4) is 0 Å². The lowest BCUT2D eigenvalue weighted by molar-refractivity contribution is 0.0892. The Hall–Kier alpha value is -1.35. The van der Waals surface area contributed by atoms with Gasteiger partial charge in [0.2, 0.25) is 0 Å². The molecule has 0 fully saturated rings. The molecule has 0 saturated carbocycles. The van der Waals surface area contributed by atoms with E-state index >= 15 is 0 Å². The third-order valence-electron chi connectivity index (χ3n) is 2.75. The van der Waals surface area contributed by atoms with Crippen molar-refractivity contribution in [1.29, 1.82) is 5.41 Å². The number of amidine groups is 1. The van der Waals surface area contributed by atoms with E-state index in [1.165, 1.54) is 12.8 Å². The summed E-state index contributed by atoms with van der Waals surface area (Å²) in [5, 5.41) is 7.48. The summed E-state index contributed by atoms with van der Waals surface area (Å²) in [5.74, 6) is 0.690. The molecule has 17 heavy (non-hydrogen) atoms. The molecule has 1 rings (SSSR count). The minimum atomic E-state index is 0.103. The predicted molar refractivity (Wildman–Crippen MR) is 71.2 cm³/mol. The number of rotatable bonds is 7. The van der Waals surface area contributed by atoms with Crippen LogP contribution in [0.25, 0.3) is 0 Å². The average molecular weight is 234 g/mol. The van der Waals surface area contributed by atoms with Crippen LogP contribution in [0.1, 0.15) is 37.8 Å². The second kappa shape index (κ2) is 7.07. The zero-order chi connectivity index (χ0) is 12.7. The first-order valence-corrected chi connectivity index (χ1v) is 6.15. The van der Waals surface area contributed by atoms with E-state index in [4.69, 9.17) is 15.9 Å². The van der Waals surface area contributed by atoms with E-state index in [2.05, 4.69) is 13.8 Å². The van der Waals surface area contributed by atoms with Gasteiger partial charge >= 0.3 is 0 Å². The summed E-state index contributed by atoms with van der Waals surface area (Å²) in [6.07, 6.45) is 2.38. The van der Waals surface area contributed by atoms with Crippen LogP contribution in [0.2, 0.25) is 0 Å². The third-order valence-corrected chi connectivity index (χ3v) is 2.75. The summed E-state index contributed by atoms with van der Waals surface area (Å²) in [5.41, 5.74) is 7.28. The fraction of sp³-hybridized carbons (Fsp3) is 0.500. The van der Waals surface area contributed by atoms with Crippen molar-refractivity contribution in [3.8, 4) is 0 Å². The van der Waals surface area contributed by atoms with Gasteiger partial charge in [0.1, 0.15) is 5.84 Å². The molecule has 1 atom stereocenters. The molecule has 0 saturated heterocycles. The molecule has 3 heteroatoms. The van der Waals surface area contributed by atoms with Gasteiger partial charge in [0.15, 0.2) is 0 Å². The van der Waals surface area contributed by atoms with Gasteiger partial charge in [-0.25, -0.2) is 0 Å². The molecular weight excluding hydrogens is 212 g/mol. The molecule has 0 bridgehead atoms. The maximum atomic E-state index is 7.48. The Morgan fingerprint density at radius 3 is 2.76 bits per heavy atom. The molecule has 0 aliphatic carbocycles. The van der Waals surface area contributed by atoms with Gasteiger partial charge in [-0.3, -0.25) is 5.41 Å². The van der Waals surface area contributed by atoms with Crippen LogP contribution in [0.5, 0.6) is 0 Å². The first kappa shape index (κ1) is 13.7. The van der Waals surface area contributed by atoms with Crippen LogP contribution in [0, 0.1) is 11.3 Å². The smallest absolute Gasteiger partial charge is 0.123 e. The summed E-state index contributed by atoms with van der Waals surface area (Å²) >= 11 is 0. The fourth-order valence-electron chi connectivity index (χ4n) is 1.86. The van der Waals surface area contributed by atoms with Crippen molar-refractivity contribution in [3.63, 3.8) is 0 Å². The molecule has 3 N–H and O–H groups in total. The Balaban J connectivity index is 2.49. The van der Waals surface area contributed by atoms with Crippen molar-refractivity contribution in [1.82, 2.24) is 0 Å². The zero-order valence-electron chi connectivity index (χ0n) is 10.7. The maximum absolute atomic E-state index is 7.48. The van der Waals surface area contributed by atoms with Gasteiger partial charge in [-0.2, -0.15) is 0 Å². The van der Waals surface area contributed by atoms with Crippen LogP contribution in [-0.4, -0.2) is 12.4 Å². The minimum Gasteiger partial charge on any atom is -0.384 e. The quantitative estimate of drug-likeness (QED) is 0.563. The molecule has 94 valence electrons. The van der Waals surface area contributed by atoms with E-state index in [1.807, 2.05) is 24.3 Å². The Morgan fingerprint density at radius 2 is 2.12 bits per heavy atom. The van der Waals surface area contributed by atoms with Gasteiger partial charge in [-0.1, -0.05) is 44.5 Å². The monoisotopic (exact) mass is 234 g/mol. The number of nitrogens with one attached hydrogen (secondary N) is 1. The summed E-state index contributed by atoms with van der Waals surface area (Å²) in [7, 11) is 0. The number of ether oxygens (including phenoxy) is 1. The van der Waals surface area contributed by atoms with E-state index in [-0.39, 0.29) is 5.84 Å². The Morgan fingerprint density at radius 1 is 1.41 bits per heavy atom. The van der Waals surface area contributed by atoms with Crippen LogP contribution in [0.15, 0.2) is 24.3 Å². The number of nitrogens with two attached hydrogens (primary N) is 1. The van der Waals surface area contributed by atoms with Gasteiger partial charge < -0.3 is 10.5 Å². The highest BCUT2D eigenvalue weighted by atomic mass is 16.5. The molecule has 0 radical (unpaired) electrons. The van der Waals surface area contributed by atoms with Gasteiger partial charge in [-0.05, 0) is 17.9 Å². The second-order valence-corrected chi connectivity index (χ2v) is 4.48. The van der Waals surface area contributed by atoms with Crippen molar-refractivity contribution in [3.05, 3.63) is 35.4 Å². The van der Waals surface area contributed by atoms with Gasteiger partial charge in [0.25, 0.3) is 0 Å². The highest BCUT2D eigenvalue weighted by Gasteiger charge is 2.05. The van der Waals surface area contributed by atoms with Gasteiger partial charge in [-0.15, -0.1) is 0 Å². The normalized spacial score (nSPS) is 12.4. The topological polar surface area (TPSA) is 59.1 Å². The number of hydrogen-bond acceptors (Lipinski definition) is 2. The molecule has 3 nitrogen and oxygen atoms in total. The molecule has 1 aromatic carbocycles. The van der Waals surface area contributed by atoms with Crippen LogP contribution in [0.4, 0.5) is 0 Å². The molecule has 0 amide bonds. The number of nitrogen functional groups attached to an aromatic ring is 1. The summed E-state index contributed by atoms with van der Waals surface area (Å²) in [4.78, 5) is 0. The molecule has 0 aromatic heterocycles. The maximum Gasteiger partial charge on any atom is 0.123 e. The van der Waals surface area contributed by atoms with Gasteiger partial charge in [0, 0.05) is 12.2 Å². The van der Waals surface area contributed by atoms with Crippen molar-refractivity contribution in [2.45, 2.75) is 33.3 Å². The second-order valence-electron chi connectivity index (χ2n) is 4.48. The number of benzene rings is 1. The standard InChI is InChI=1S/C14H22N2O/c1-3-6-11(2)9-17-10-12-7-4-5-8-13(12)14(15)16/h4-5,7-8,11H,3,6,9-10H2,1-2H3,(H3,15,16). The van der Waals surface area contributed by atoms with Gasteiger partial charge in [0.05, 0.1) is 6.61 Å². The van der Waals surface area contributed by atoms with Crippen LogP contribution < -0.4 is 5.73 Å². The number of hydrogen-bond donors (Lipinski definition) is 2. The van der Waals surface area contributed by atoms with E-state index in [1.54, 1.807) is 0 Å². The third kappa shape index (κ3) is 4.57. The first-order valence-electron chi connectivity index (χ1n) is 6.15. The summed E-state index contributed by atoms with van der Waals surface area (Å²) in [6, 6.07) is 7.65. The van der Waals surface area contributed by atoms with Crippen LogP contribution in [-0.2, 0) is 11.3 Å². The molecule has 0 spiro atoms. The van der Waals surface area contributed by atoms with E-state index in [0.717, 1.165) is 17.7 Å². The van der Waals surface area contributed by atoms with Crippen LogP contribution >= 0.6 is 0 Å². The van der Waals surface area contributed by atoms with Crippen molar-refractivity contribution in [2.24, 2.45) is 11.7 Å². The highest BCUT2D eigenvalue weighted by molar-refractivity contribution is 5.96. The largest absolute Gasteiger partial charge is 0.384 e. The lowest BCUT2D eigenvalue weighted by atomic mass is 10.1. The first-order chi connectivity index (χ1) is 8.15. The predicted octanol–water partition coefficient (Wildman–Crippen LogP) is 2.92. The summed E-state index contributed by atoms with van der Waals surface area (Å²) < 4.78 is 5.67. The average Bonchev–Trinajstić information content (AvgIpc) is 2.30. The van der Waals surface area contributed by atoms with E-state index in [0.29, 0.717) is 12.5 Å². The molecule has 1 unspecified atom stereocenters. The van der Waals surface area contributed by atoms with Crippen molar-refractivity contribution < 1.29 is 4.74 Å². The molecule has 1 aromatic rings. The van der Waals surface area contributed by atoms with E-state index < -0.39 is 0 Å². The lowest BCUT2D eigenvalue weighted by Gasteiger charge is -2.12. The fourth-order valence-corrected chi connectivity index (χ4v) is 1.86. The highest BCUT2D eigenvalue weighted by Crippen LogP contribution is 2.11. The lowest BCUT2D eigenvalue weighted by Crippen LogP contribution is -2.15. The Labute approximate surface area is 103 Å². The Kier molecular flexibility index (Phi) is 5.70. The van der Waals surface area contributed by atoms with Crippen molar-refractivity contribution in [2.75, 3.05) is 6.61 Å². The Bertz CT molecular complexity index is 363. The van der Waals surface area contributed by atoms with Crippen molar-refractivity contribution >= 4 is 5.84 Å². The SMILES string of the molecule is CCCC(C)COCc1ccccc1C(=N)N. The molecule has 0 aliphatic heterocycles. The molecular formula is C14H22N2O. The van der Waals surface area contributed by atoms with E-state index in [9.17, 15) is 0 Å². The summed E-state index contributed by atoms with van der Waals surface area (Å²) in [6.45, 7) is 5.67. The minimum absolute atomic E-state index is 0.103. The zero-order valence-corrected chi connectivity index (χ0v) is 10.7. The molecule has 0 aliphatic rings.